The Hall–Kier alpha value is -3.07. The average Bonchev–Trinajstić information content (AvgIpc) is 3.28. The van der Waals surface area contributed by atoms with Gasteiger partial charge in [0.25, 0.3) is 0 Å². The van der Waals surface area contributed by atoms with Gasteiger partial charge in [-0.25, -0.2) is 15.0 Å². The molecule has 1 aliphatic heterocycles. The van der Waals surface area contributed by atoms with Crippen molar-refractivity contribution in [1.82, 2.24) is 19.9 Å². The smallest absolute Gasteiger partial charge is 0.307 e. The summed E-state index contributed by atoms with van der Waals surface area (Å²) >= 11 is 7.68. The lowest BCUT2D eigenvalue weighted by Gasteiger charge is -2.41. The molecule has 7 nitrogen and oxygen atoms in total. The van der Waals surface area contributed by atoms with Gasteiger partial charge >= 0.3 is 5.97 Å². The highest BCUT2D eigenvalue weighted by atomic mass is 35.5. The molecule has 1 atom stereocenters. The zero-order chi connectivity index (χ0) is 26.3. The quantitative estimate of drug-likeness (QED) is 0.327. The van der Waals surface area contributed by atoms with Crippen molar-refractivity contribution >= 4 is 45.1 Å². The molecule has 9 heteroatoms. The molecule has 1 fully saturated rings. The predicted molar refractivity (Wildman–Crippen MR) is 151 cm³/mol. The van der Waals surface area contributed by atoms with Gasteiger partial charge in [-0.1, -0.05) is 23.7 Å². The van der Waals surface area contributed by atoms with Gasteiger partial charge in [0.2, 0.25) is 5.95 Å². The first-order valence-electron chi connectivity index (χ1n) is 12.5. The summed E-state index contributed by atoms with van der Waals surface area (Å²) < 4.78 is 0.943. The summed E-state index contributed by atoms with van der Waals surface area (Å²) in [5.74, 6) is -0.150. The molecule has 0 bridgehead atoms. The van der Waals surface area contributed by atoms with Crippen LogP contribution in [0, 0.1) is 6.92 Å². The number of thiazole rings is 1. The SMILES string of the molecule is Cc1cc2nc(-c3ccnc(N4CCN(C(C)C)CC4C)n3)sc2c(-c2ccc(Cl)cc2)c1CC(=O)O. The number of piperazine rings is 1. The van der Waals surface area contributed by atoms with E-state index in [1.54, 1.807) is 6.20 Å². The fourth-order valence-electron chi connectivity index (χ4n) is 5.00. The number of rotatable bonds is 6. The minimum atomic E-state index is -0.866. The summed E-state index contributed by atoms with van der Waals surface area (Å²) in [6, 6.07) is 12.2. The molecule has 3 heterocycles. The van der Waals surface area contributed by atoms with Crippen LogP contribution in [0.1, 0.15) is 31.9 Å². The van der Waals surface area contributed by atoms with Gasteiger partial charge in [-0.3, -0.25) is 9.69 Å². The van der Waals surface area contributed by atoms with E-state index in [2.05, 4.69) is 35.6 Å². The molecule has 0 spiro atoms. The first-order valence-corrected chi connectivity index (χ1v) is 13.7. The van der Waals surface area contributed by atoms with Crippen LogP contribution in [0.15, 0.2) is 42.6 Å². The lowest BCUT2D eigenvalue weighted by molar-refractivity contribution is -0.136. The number of fused-ring (bicyclic) bond motifs is 1. The molecule has 0 aliphatic carbocycles. The van der Waals surface area contributed by atoms with E-state index in [4.69, 9.17) is 21.6 Å². The third-order valence-electron chi connectivity index (χ3n) is 6.98. The number of carboxylic acids is 1. The fourth-order valence-corrected chi connectivity index (χ4v) is 6.24. The van der Waals surface area contributed by atoms with E-state index in [-0.39, 0.29) is 6.42 Å². The lowest BCUT2D eigenvalue weighted by Crippen LogP contribution is -2.54. The number of aryl methyl sites for hydroxylation is 1. The van der Waals surface area contributed by atoms with Crippen molar-refractivity contribution in [3.63, 3.8) is 0 Å². The number of hydrogen-bond acceptors (Lipinski definition) is 7. The van der Waals surface area contributed by atoms with Crippen LogP contribution in [0.3, 0.4) is 0 Å². The summed E-state index contributed by atoms with van der Waals surface area (Å²) in [6.45, 7) is 11.4. The number of hydrogen-bond donors (Lipinski definition) is 1. The van der Waals surface area contributed by atoms with Gasteiger partial charge in [-0.05, 0) is 68.7 Å². The van der Waals surface area contributed by atoms with Crippen LogP contribution in [0.25, 0.3) is 32.0 Å². The zero-order valence-corrected chi connectivity index (χ0v) is 23.0. The van der Waals surface area contributed by atoms with E-state index in [9.17, 15) is 9.90 Å². The van der Waals surface area contributed by atoms with Crippen LogP contribution in [-0.4, -0.2) is 62.6 Å². The Kier molecular flexibility index (Phi) is 7.16. The highest BCUT2D eigenvalue weighted by Crippen LogP contribution is 2.41. The largest absolute Gasteiger partial charge is 0.481 e. The second-order valence-electron chi connectivity index (χ2n) is 9.86. The Morgan fingerprint density at radius 3 is 2.62 bits per heavy atom. The van der Waals surface area contributed by atoms with Crippen LogP contribution in [0.2, 0.25) is 5.02 Å². The molecule has 0 radical (unpaired) electrons. The first kappa shape index (κ1) is 25.6. The van der Waals surface area contributed by atoms with E-state index in [1.165, 1.54) is 11.3 Å². The van der Waals surface area contributed by atoms with Gasteiger partial charge in [-0.2, -0.15) is 0 Å². The number of aromatic nitrogens is 3. The van der Waals surface area contributed by atoms with Crippen molar-refractivity contribution in [2.75, 3.05) is 24.5 Å². The molecule has 1 aliphatic rings. The Bertz CT molecular complexity index is 1450. The second kappa shape index (κ2) is 10.4. The Morgan fingerprint density at radius 2 is 1.95 bits per heavy atom. The van der Waals surface area contributed by atoms with E-state index < -0.39 is 5.97 Å². The van der Waals surface area contributed by atoms with Gasteiger partial charge in [-0.15, -0.1) is 11.3 Å². The van der Waals surface area contributed by atoms with E-state index in [0.717, 1.165) is 62.8 Å². The topological polar surface area (TPSA) is 82.5 Å². The number of aliphatic carboxylic acids is 1. The molecular formula is C28H30ClN5O2S. The van der Waals surface area contributed by atoms with Crippen molar-refractivity contribution in [1.29, 1.82) is 0 Å². The summed E-state index contributed by atoms with van der Waals surface area (Å²) in [7, 11) is 0. The molecule has 37 heavy (non-hydrogen) atoms. The number of carboxylic acid groups (broad SMARTS) is 1. The molecule has 1 unspecified atom stereocenters. The molecule has 192 valence electrons. The predicted octanol–water partition coefficient (Wildman–Crippen LogP) is 5.93. The van der Waals surface area contributed by atoms with Gasteiger partial charge < -0.3 is 10.0 Å². The maximum Gasteiger partial charge on any atom is 0.307 e. The summed E-state index contributed by atoms with van der Waals surface area (Å²) in [5, 5.41) is 11.0. The molecule has 0 saturated carbocycles. The van der Waals surface area contributed by atoms with Crippen LogP contribution < -0.4 is 4.90 Å². The first-order chi connectivity index (χ1) is 17.7. The van der Waals surface area contributed by atoms with E-state index in [0.29, 0.717) is 23.1 Å². The normalized spacial score (nSPS) is 16.6. The van der Waals surface area contributed by atoms with Crippen molar-refractivity contribution in [2.45, 2.75) is 46.2 Å². The molecule has 2 aromatic carbocycles. The van der Waals surface area contributed by atoms with Crippen molar-refractivity contribution in [3.8, 4) is 21.8 Å². The van der Waals surface area contributed by atoms with Gasteiger partial charge in [0.05, 0.1) is 16.6 Å². The van der Waals surface area contributed by atoms with Gasteiger partial charge in [0, 0.05) is 48.5 Å². The highest BCUT2D eigenvalue weighted by Gasteiger charge is 2.27. The maximum absolute atomic E-state index is 11.7. The zero-order valence-electron chi connectivity index (χ0n) is 21.4. The summed E-state index contributed by atoms with van der Waals surface area (Å²) in [5.41, 5.74) is 5.10. The minimum Gasteiger partial charge on any atom is -0.481 e. The Morgan fingerprint density at radius 1 is 1.19 bits per heavy atom. The third-order valence-corrected chi connectivity index (χ3v) is 8.34. The lowest BCUT2D eigenvalue weighted by atomic mass is 9.93. The highest BCUT2D eigenvalue weighted by molar-refractivity contribution is 7.22. The van der Waals surface area contributed by atoms with Crippen molar-refractivity contribution < 1.29 is 9.90 Å². The number of halogens is 1. The third kappa shape index (κ3) is 5.19. The van der Waals surface area contributed by atoms with Crippen LogP contribution in [-0.2, 0) is 11.2 Å². The van der Waals surface area contributed by atoms with Crippen molar-refractivity contribution in [2.24, 2.45) is 0 Å². The monoisotopic (exact) mass is 535 g/mol. The minimum absolute atomic E-state index is 0.0646. The molecule has 4 aromatic rings. The number of anilines is 1. The van der Waals surface area contributed by atoms with Crippen LogP contribution in [0.4, 0.5) is 5.95 Å². The van der Waals surface area contributed by atoms with Crippen molar-refractivity contribution in [3.05, 3.63) is 58.7 Å². The molecule has 0 amide bonds. The fraction of sp³-hybridized carbons (Fsp3) is 0.357. The summed E-state index contributed by atoms with van der Waals surface area (Å²) in [4.78, 5) is 30.9. The van der Waals surface area contributed by atoms with E-state index >= 15 is 0 Å². The molecule has 1 saturated heterocycles. The Labute approximate surface area is 225 Å². The molecule has 5 rings (SSSR count). The number of nitrogens with zero attached hydrogens (tertiary/aromatic N) is 5. The van der Waals surface area contributed by atoms with Crippen LogP contribution in [0.5, 0.6) is 0 Å². The average molecular weight is 536 g/mol. The molecule has 2 aromatic heterocycles. The second-order valence-corrected chi connectivity index (χ2v) is 11.3. The maximum atomic E-state index is 11.7. The molecule has 1 N–H and O–H groups in total. The number of carbonyl (C=O) groups is 1. The standard InChI is InChI=1S/C28H30ClN5O2S/c1-16(2)33-11-12-34(18(4)15-33)28-30-10-9-22(32-28)27-31-23-13-17(3)21(14-24(35)36)25(26(23)37-27)19-5-7-20(29)8-6-19/h5-10,13,16,18H,11-12,14-15H2,1-4H3,(H,35,36). The molecular weight excluding hydrogens is 506 g/mol. The van der Waals surface area contributed by atoms with Gasteiger partial charge in [0.15, 0.2) is 0 Å². The Balaban J connectivity index is 1.57. The van der Waals surface area contributed by atoms with Gasteiger partial charge in [0.1, 0.15) is 10.7 Å². The van der Waals surface area contributed by atoms with E-state index in [1.807, 2.05) is 43.3 Å². The van der Waals surface area contributed by atoms with Crippen LogP contribution >= 0.6 is 22.9 Å². The summed E-state index contributed by atoms with van der Waals surface area (Å²) in [6.07, 6.45) is 1.73. The number of benzene rings is 2.